The van der Waals surface area contributed by atoms with Crippen LogP contribution in [-0.2, 0) is 26.0 Å². The van der Waals surface area contributed by atoms with E-state index in [1.165, 1.54) is 35.2 Å². The minimum Gasteiger partial charge on any atom is -0.326 e. The van der Waals surface area contributed by atoms with Crippen LogP contribution in [0.3, 0.4) is 0 Å². The summed E-state index contributed by atoms with van der Waals surface area (Å²) >= 11 is 0. The number of nitro groups is 1. The van der Waals surface area contributed by atoms with Crippen molar-refractivity contribution in [3.05, 3.63) is 99.6 Å². The minimum absolute atomic E-state index is 0.00115. The number of nitrogens with two attached hydrogens (primary N) is 1. The molecule has 1 atom stereocenters. The molecular weight excluding hydrogens is 536 g/mol. The van der Waals surface area contributed by atoms with Crippen molar-refractivity contribution in [2.24, 2.45) is 5.14 Å². The van der Waals surface area contributed by atoms with Crippen LogP contribution in [0, 0.1) is 10.1 Å². The lowest BCUT2D eigenvalue weighted by Gasteiger charge is -2.28. The van der Waals surface area contributed by atoms with Gasteiger partial charge >= 0.3 is 0 Å². The van der Waals surface area contributed by atoms with Gasteiger partial charge in [0.15, 0.2) is 0 Å². The van der Waals surface area contributed by atoms with Crippen LogP contribution >= 0.6 is 0 Å². The molecule has 0 radical (unpaired) electrons. The van der Waals surface area contributed by atoms with Gasteiger partial charge in [-0.25, -0.2) is 18.5 Å². The van der Waals surface area contributed by atoms with E-state index in [4.69, 9.17) is 5.14 Å². The van der Waals surface area contributed by atoms with Crippen LogP contribution in [0.4, 0.5) is 11.4 Å². The third kappa shape index (κ3) is 6.08. The normalized spacial score (nSPS) is 15.5. The quantitative estimate of drug-likeness (QED) is 0.237. The summed E-state index contributed by atoms with van der Waals surface area (Å²) in [6.07, 6.45) is -0.0393. The zero-order chi connectivity index (χ0) is 29.2. The Morgan fingerprint density at radius 1 is 1.07 bits per heavy atom. The van der Waals surface area contributed by atoms with Crippen LogP contribution in [0.5, 0.6) is 0 Å². The van der Waals surface area contributed by atoms with Gasteiger partial charge in [-0.2, -0.15) is 0 Å². The fourth-order valence-corrected chi connectivity index (χ4v) is 5.07. The van der Waals surface area contributed by atoms with Crippen LogP contribution in [0.2, 0.25) is 0 Å². The van der Waals surface area contributed by atoms with E-state index in [9.17, 15) is 32.9 Å². The number of nitrogens with zero attached hydrogens (tertiary/aromatic N) is 3. The predicted molar refractivity (Wildman–Crippen MR) is 147 cm³/mol. The predicted octanol–water partition coefficient (Wildman–Crippen LogP) is 3.38. The summed E-state index contributed by atoms with van der Waals surface area (Å²) < 4.78 is 23.2. The van der Waals surface area contributed by atoms with Crippen LogP contribution in [0.15, 0.2) is 77.7 Å². The number of carbonyl (C=O) groups is 3. The Labute approximate surface area is 231 Å². The molecular formula is C28H28N4O7S. The molecule has 208 valence electrons. The van der Waals surface area contributed by atoms with Gasteiger partial charge in [-0.3, -0.25) is 24.5 Å². The van der Waals surface area contributed by atoms with Crippen LogP contribution < -0.4 is 10.0 Å². The first-order valence-electron chi connectivity index (χ1n) is 12.5. The van der Waals surface area contributed by atoms with E-state index in [1.54, 1.807) is 24.3 Å². The first-order chi connectivity index (χ1) is 18.9. The van der Waals surface area contributed by atoms with Crippen molar-refractivity contribution in [2.45, 2.75) is 43.5 Å². The fraction of sp³-hybridized carbons (Fsp3) is 0.250. The number of sulfonamides is 1. The molecule has 0 aromatic heterocycles. The number of rotatable bonds is 9. The highest BCUT2D eigenvalue weighted by Gasteiger charge is 2.44. The molecule has 1 saturated heterocycles. The first-order valence-corrected chi connectivity index (χ1v) is 14.1. The molecule has 1 aliphatic heterocycles. The number of carbonyl (C=O) groups excluding carboxylic acids is 3. The number of hydrogen-bond acceptors (Lipinski definition) is 7. The molecule has 1 unspecified atom stereocenters. The molecule has 0 saturated carbocycles. The van der Waals surface area contributed by atoms with Gasteiger partial charge in [0.05, 0.1) is 21.9 Å². The van der Waals surface area contributed by atoms with E-state index < -0.39 is 38.7 Å². The van der Waals surface area contributed by atoms with Crippen molar-refractivity contribution in [2.75, 3.05) is 11.4 Å². The lowest BCUT2D eigenvalue weighted by Crippen LogP contribution is -2.46. The van der Waals surface area contributed by atoms with E-state index in [1.807, 2.05) is 26.0 Å². The van der Waals surface area contributed by atoms with Gasteiger partial charge in [0.1, 0.15) is 6.04 Å². The smallest absolute Gasteiger partial charge is 0.270 e. The van der Waals surface area contributed by atoms with E-state index in [0.29, 0.717) is 11.3 Å². The Balaban J connectivity index is 1.65. The van der Waals surface area contributed by atoms with Crippen molar-refractivity contribution in [1.82, 2.24) is 4.90 Å². The highest BCUT2D eigenvalue weighted by atomic mass is 32.2. The fourth-order valence-electron chi connectivity index (χ4n) is 4.55. The first kappa shape index (κ1) is 28.6. The molecule has 11 nitrogen and oxygen atoms in total. The lowest BCUT2D eigenvalue weighted by atomic mass is 10.0. The summed E-state index contributed by atoms with van der Waals surface area (Å²) in [6, 6.07) is 16.8. The largest absolute Gasteiger partial charge is 0.326 e. The Hall–Kier alpha value is -4.42. The highest BCUT2D eigenvalue weighted by molar-refractivity contribution is 7.89. The van der Waals surface area contributed by atoms with Gasteiger partial charge in [-0.05, 0) is 53.8 Å². The molecule has 4 rings (SSSR count). The van der Waals surface area contributed by atoms with E-state index in [-0.39, 0.29) is 41.5 Å². The topological polar surface area (TPSA) is 161 Å². The molecule has 1 aliphatic rings. The summed E-state index contributed by atoms with van der Waals surface area (Å²) in [6.45, 7) is 4.04. The average molecular weight is 565 g/mol. The maximum Gasteiger partial charge on any atom is 0.270 e. The van der Waals surface area contributed by atoms with Crippen molar-refractivity contribution in [3.8, 4) is 0 Å². The van der Waals surface area contributed by atoms with E-state index in [0.717, 1.165) is 16.5 Å². The number of hydrogen-bond donors (Lipinski definition) is 1. The summed E-state index contributed by atoms with van der Waals surface area (Å²) in [5, 5.41) is 16.5. The number of nitro benzene ring substituents is 1. The highest BCUT2D eigenvalue weighted by Crippen LogP contribution is 2.29. The molecule has 12 heteroatoms. The molecule has 3 aromatic carbocycles. The number of amides is 3. The molecule has 1 fully saturated rings. The van der Waals surface area contributed by atoms with Gasteiger partial charge < -0.3 is 4.90 Å². The van der Waals surface area contributed by atoms with Crippen molar-refractivity contribution in [1.29, 1.82) is 0 Å². The Kier molecular flexibility index (Phi) is 8.12. The van der Waals surface area contributed by atoms with Gasteiger partial charge in [-0.1, -0.05) is 44.2 Å². The molecule has 0 bridgehead atoms. The summed E-state index contributed by atoms with van der Waals surface area (Å²) in [5.74, 6) is -1.44. The minimum atomic E-state index is -3.89. The monoisotopic (exact) mass is 564 g/mol. The van der Waals surface area contributed by atoms with Crippen LogP contribution in [0.1, 0.15) is 47.7 Å². The number of anilines is 1. The standard InChI is InChI=1S/C28H28N4O7S/c1-18(2)20-8-10-22(11-9-20)31-26(33)17-25(28(31)35)30(27(34)21-4-3-5-23(16-21)32(36)37)15-14-19-6-12-24(13-7-19)40(29,38)39/h3-13,16,18,25H,14-15,17H2,1-2H3,(H2,29,38,39). The van der Waals surface area contributed by atoms with E-state index in [2.05, 4.69) is 0 Å². The van der Waals surface area contributed by atoms with Gasteiger partial charge in [0.25, 0.3) is 17.5 Å². The third-order valence-electron chi connectivity index (χ3n) is 6.78. The molecule has 40 heavy (non-hydrogen) atoms. The molecule has 3 aromatic rings. The second-order valence-electron chi connectivity index (χ2n) is 9.78. The number of non-ortho nitro benzene ring substituents is 1. The van der Waals surface area contributed by atoms with Gasteiger partial charge in [-0.15, -0.1) is 0 Å². The maximum absolute atomic E-state index is 13.7. The number of benzene rings is 3. The average Bonchev–Trinajstić information content (AvgIpc) is 3.21. The van der Waals surface area contributed by atoms with E-state index >= 15 is 0 Å². The second kappa shape index (κ2) is 11.4. The van der Waals surface area contributed by atoms with Crippen LogP contribution in [-0.4, -0.2) is 48.5 Å². The van der Waals surface area contributed by atoms with Crippen molar-refractivity contribution >= 4 is 39.1 Å². The summed E-state index contributed by atoms with van der Waals surface area (Å²) in [4.78, 5) is 53.2. The van der Waals surface area contributed by atoms with Gasteiger partial charge in [0, 0.05) is 24.2 Å². The van der Waals surface area contributed by atoms with Crippen LogP contribution in [0.25, 0.3) is 0 Å². The molecule has 1 heterocycles. The molecule has 3 amide bonds. The Bertz CT molecular complexity index is 1570. The van der Waals surface area contributed by atoms with Gasteiger partial charge in [0.2, 0.25) is 15.9 Å². The summed E-state index contributed by atoms with van der Waals surface area (Å²) in [5.41, 5.74) is 1.80. The Morgan fingerprint density at radius 2 is 1.73 bits per heavy atom. The Morgan fingerprint density at radius 3 is 2.30 bits per heavy atom. The number of imide groups is 1. The second-order valence-corrected chi connectivity index (χ2v) is 11.3. The molecule has 2 N–H and O–H groups in total. The zero-order valence-corrected chi connectivity index (χ0v) is 22.7. The van der Waals surface area contributed by atoms with Crippen molar-refractivity contribution in [3.63, 3.8) is 0 Å². The molecule has 0 spiro atoms. The maximum atomic E-state index is 13.7. The molecule has 0 aliphatic carbocycles. The SMILES string of the molecule is CC(C)c1ccc(N2C(=O)CC(N(CCc3ccc(S(N)(=O)=O)cc3)C(=O)c3cccc([N+](=O)[O-])c3)C2=O)cc1. The summed E-state index contributed by atoms with van der Waals surface area (Å²) in [7, 11) is -3.89. The third-order valence-corrected chi connectivity index (χ3v) is 7.70. The number of primary sulfonamides is 1. The zero-order valence-electron chi connectivity index (χ0n) is 21.9. The van der Waals surface area contributed by atoms with Crippen molar-refractivity contribution < 1.29 is 27.7 Å². The lowest BCUT2D eigenvalue weighted by molar-refractivity contribution is -0.384.